The third-order valence-corrected chi connectivity index (χ3v) is 9.03. The van der Waals surface area contributed by atoms with Gasteiger partial charge in [0, 0.05) is 36.1 Å². The lowest BCUT2D eigenvalue weighted by Gasteiger charge is -2.29. The minimum Gasteiger partial charge on any atom is -0.366 e. The second kappa shape index (κ2) is 13.2. The number of anilines is 1. The highest BCUT2D eigenvalue weighted by molar-refractivity contribution is 6.30. The summed E-state index contributed by atoms with van der Waals surface area (Å²) in [6, 6.07) is 21.0. The standard InChI is InChI=1S/C35H36ClF3N4O/c36-28-14-9-24(10-15-28)5-6-25-11-16-32-30(20-25)31(34(44)43-19-3-4-29(43)23-42-17-1-2-18-42)21-33(41-32)40-22-26-7-12-27(13-8-26)35(37,38)39/h7-16,20-21,29H,1-6,17-19,22-23H2,(H,40,41)/t29-/m0/s1. The molecule has 0 unspecified atom stereocenters. The number of alkyl halides is 3. The van der Waals surface area contributed by atoms with Gasteiger partial charge < -0.3 is 15.1 Å². The molecular formula is C35H36ClF3N4O. The molecule has 0 bridgehead atoms. The number of hydrogen-bond donors (Lipinski definition) is 1. The molecule has 0 aliphatic carbocycles. The predicted octanol–water partition coefficient (Wildman–Crippen LogP) is 8.00. The predicted molar refractivity (Wildman–Crippen MR) is 169 cm³/mol. The number of pyridine rings is 1. The van der Waals surface area contributed by atoms with Gasteiger partial charge in [-0.3, -0.25) is 4.79 Å². The molecule has 0 spiro atoms. The summed E-state index contributed by atoms with van der Waals surface area (Å²) in [7, 11) is 0. The molecule has 2 fully saturated rings. The number of halogens is 4. The van der Waals surface area contributed by atoms with Gasteiger partial charge in [0.05, 0.1) is 16.6 Å². The SMILES string of the molecule is O=C(c1cc(NCc2ccc(C(F)(F)F)cc2)nc2ccc(CCc3ccc(Cl)cc3)cc12)N1CCC[C@H]1CN1CCCC1. The maximum absolute atomic E-state index is 14.3. The smallest absolute Gasteiger partial charge is 0.366 e. The highest BCUT2D eigenvalue weighted by Gasteiger charge is 2.33. The molecule has 1 atom stereocenters. The molecule has 0 saturated carbocycles. The Bertz CT molecular complexity index is 1600. The average Bonchev–Trinajstić information content (AvgIpc) is 3.71. The van der Waals surface area contributed by atoms with Gasteiger partial charge >= 0.3 is 6.18 Å². The number of benzene rings is 3. The molecule has 3 aromatic carbocycles. The molecule has 2 aliphatic rings. The summed E-state index contributed by atoms with van der Waals surface area (Å²) in [4.78, 5) is 23.6. The molecule has 4 aromatic rings. The topological polar surface area (TPSA) is 48.5 Å². The van der Waals surface area contributed by atoms with E-state index in [0.29, 0.717) is 27.5 Å². The van der Waals surface area contributed by atoms with Crippen molar-refractivity contribution in [1.29, 1.82) is 0 Å². The zero-order chi connectivity index (χ0) is 30.7. The Kier molecular flexibility index (Phi) is 9.10. The van der Waals surface area contributed by atoms with Gasteiger partial charge in [0.2, 0.25) is 0 Å². The van der Waals surface area contributed by atoms with E-state index in [9.17, 15) is 18.0 Å². The number of aryl methyl sites for hydroxylation is 2. The third kappa shape index (κ3) is 7.19. The first-order chi connectivity index (χ1) is 21.2. The van der Waals surface area contributed by atoms with E-state index in [4.69, 9.17) is 16.6 Å². The lowest BCUT2D eigenvalue weighted by Crippen LogP contribution is -2.42. The monoisotopic (exact) mass is 620 g/mol. The van der Waals surface area contributed by atoms with Crippen LogP contribution in [0.1, 0.15) is 58.3 Å². The van der Waals surface area contributed by atoms with E-state index in [2.05, 4.69) is 16.3 Å². The lowest BCUT2D eigenvalue weighted by atomic mass is 10.00. The largest absolute Gasteiger partial charge is 0.416 e. The second-order valence-corrected chi connectivity index (χ2v) is 12.3. The van der Waals surface area contributed by atoms with Crippen molar-refractivity contribution in [3.05, 3.63) is 106 Å². The van der Waals surface area contributed by atoms with Crippen LogP contribution in [-0.4, -0.2) is 52.9 Å². The van der Waals surface area contributed by atoms with Gasteiger partial charge in [0.1, 0.15) is 5.82 Å². The zero-order valence-corrected chi connectivity index (χ0v) is 25.3. The number of hydrogen-bond acceptors (Lipinski definition) is 4. The summed E-state index contributed by atoms with van der Waals surface area (Å²) < 4.78 is 39.0. The van der Waals surface area contributed by atoms with Crippen LogP contribution in [0.4, 0.5) is 19.0 Å². The number of aromatic nitrogens is 1. The van der Waals surface area contributed by atoms with E-state index < -0.39 is 11.7 Å². The van der Waals surface area contributed by atoms with Crippen molar-refractivity contribution in [2.24, 2.45) is 0 Å². The van der Waals surface area contributed by atoms with Crippen LogP contribution in [0.2, 0.25) is 5.02 Å². The number of amides is 1. The molecule has 6 rings (SSSR count). The van der Waals surface area contributed by atoms with E-state index in [1.165, 1.54) is 30.5 Å². The first-order valence-electron chi connectivity index (χ1n) is 15.3. The van der Waals surface area contributed by atoms with Gasteiger partial charge in [-0.25, -0.2) is 4.98 Å². The van der Waals surface area contributed by atoms with Gasteiger partial charge in [-0.05, 0) is 111 Å². The highest BCUT2D eigenvalue weighted by atomic mass is 35.5. The van der Waals surface area contributed by atoms with Crippen LogP contribution >= 0.6 is 11.6 Å². The fourth-order valence-corrected chi connectivity index (χ4v) is 6.48. The molecule has 2 aliphatic heterocycles. The van der Waals surface area contributed by atoms with Crippen molar-refractivity contribution in [2.75, 3.05) is 31.5 Å². The van der Waals surface area contributed by atoms with E-state index in [1.807, 2.05) is 47.4 Å². The Labute approximate surface area is 261 Å². The Hall–Kier alpha value is -3.62. The van der Waals surface area contributed by atoms with Crippen LogP contribution in [0.15, 0.2) is 72.8 Å². The van der Waals surface area contributed by atoms with Gasteiger partial charge in [0.25, 0.3) is 5.91 Å². The Morgan fingerprint density at radius 1 is 0.864 bits per heavy atom. The molecule has 9 heteroatoms. The molecule has 44 heavy (non-hydrogen) atoms. The fourth-order valence-electron chi connectivity index (χ4n) is 6.35. The molecule has 0 radical (unpaired) electrons. The normalized spacial score (nSPS) is 17.5. The summed E-state index contributed by atoms with van der Waals surface area (Å²) >= 11 is 6.05. The van der Waals surface area contributed by atoms with Crippen LogP contribution in [0.5, 0.6) is 0 Å². The highest BCUT2D eigenvalue weighted by Crippen LogP contribution is 2.31. The zero-order valence-electron chi connectivity index (χ0n) is 24.5. The summed E-state index contributed by atoms with van der Waals surface area (Å²) in [6.07, 6.45) is 1.67. The summed E-state index contributed by atoms with van der Waals surface area (Å²) in [5.41, 5.74) is 3.62. The molecule has 2 saturated heterocycles. The van der Waals surface area contributed by atoms with Crippen LogP contribution in [-0.2, 0) is 25.6 Å². The first kappa shape index (κ1) is 30.4. The molecule has 1 amide bonds. The second-order valence-electron chi connectivity index (χ2n) is 11.9. The minimum absolute atomic E-state index is 0.00604. The molecular weight excluding hydrogens is 585 g/mol. The summed E-state index contributed by atoms with van der Waals surface area (Å²) in [5, 5.41) is 4.78. The summed E-state index contributed by atoms with van der Waals surface area (Å²) in [5.74, 6) is 0.525. The number of rotatable bonds is 9. The molecule has 3 heterocycles. The fraction of sp³-hybridized carbons (Fsp3) is 0.371. The lowest BCUT2D eigenvalue weighted by molar-refractivity contribution is -0.137. The van der Waals surface area contributed by atoms with Crippen LogP contribution < -0.4 is 5.32 Å². The van der Waals surface area contributed by atoms with E-state index in [0.717, 1.165) is 74.9 Å². The molecule has 230 valence electrons. The van der Waals surface area contributed by atoms with Gasteiger partial charge in [0.15, 0.2) is 0 Å². The molecule has 1 N–H and O–H groups in total. The van der Waals surface area contributed by atoms with Crippen LogP contribution in [0.3, 0.4) is 0 Å². The van der Waals surface area contributed by atoms with Gasteiger partial charge in [-0.2, -0.15) is 13.2 Å². The number of likely N-dealkylation sites (tertiary alicyclic amines) is 2. The van der Waals surface area contributed by atoms with Crippen molar-refractivity contribution in [3.63, 3.8) is 0 Å². The van der Waals surface area contributed by atoms with Crippen molar-refractivity contribution < 1.29 is 18.0 Å². The number of nitrogens with one attached hydrogen (secondary N) is 1. The number of fused-ring (bicyclic) bond motifs is 1. The van der Waals surface area contributed by atoms with Crippen molar-refractivity contribution in [1.82, 2.24) is 14.8 Å². The third-order valence-electron chi connectivity index (χ3n) is 8.78. The van der Waals surface area contributed by atoms with Crippen LogP contribution in [0.25, 0.3) is 10.9 Å². The average molecular weight is 621 g/mol. The number of carbonyl (C=O) groups excluding carboxylic acids is 1. The molecule has 5 nitrogen and oxygen atoms in total. The van der Waals surface area contributed by atoms with E-state index in [1.54, 1.807) is 0 Å². The number of nitrogens with zero attached hydrogens (tertiary/aromatic N) is 3. The maximum atomic E-state index is 14.3. The van der Waals surface area contributed by atoms with Crippen molar-refractivity contribution >= 4 is 34.2 Å². The summed E-state index contributed by atoms with van der Waals surface area (Å²) in [6.45, 7) is 4.09. The van der Waals surface area contributed by atoms with Gasteiger partial charge in [-0.1, -0.05) is 41.9 Å². The van der Waals surface area contributed by atoms with Crippen molar-refractivity contribution in [2.45, 2.75) is 57.3 Å². The Morgan fingerprint density at radius 3 is 2.27 bits per heavy atom. The first-order valence-corrected chi connectivity index (χ1v) is 15.7. The van der Waals surface area contributed by atoms with Gasteiger partial charge in [-0.15, -0.1) is 0 Å². The Balaban J connectivity index is 1.27. The number of carbonyl (C=O) groups is 1. The maximum Gasteiger partial charge on any atom is 0.416 e. The van der Waals surface area contributed by atoms with Crippen molar-refractivity contribution in [3.8, 4) is 0 Å². The van der Waals surface area contributed by atoms with Crippen LogP contribution in [0, 0.1) is 0 Å². The quantitative estimate of drug-likeness (QED) is 0.206. The molecule has 1 aromatic heterocycles. The Morgan fingerprint density at radius 2 is 1.55 bits per heavy atom. The minimum atomic E-state index is -4.38. The van der Waals surface area contributed by atoms with E-state index >= 15 is 0 Å². The van der Waals surface area contributed by atoms with E-state index in [-0.39, 0.29) is 18.5 Å².